The Kier molecular flexibility index (Phi) is 5.51. The van der Waals surface area contributed by atoms with Crippen molar-refractivity contribution in [3.8, 4) is 0 Å². The van der Waals surface area contributed by atoms with Crippen LogP contribution in [0.3, 0.4) is 0 Å². The van der Waals surface area contributed by atoms with Crippen LogP contribution in [-0.2, 0) is 9.53 Å². The van der Waals surface area contributed by atoms with Crippen molar-refractivity contribution < 1.29 is 14.3 Å². The molecule has 1 aromatic rings. The zero-order valence-corrected chi connectivity index (χ0v) is 13.3. The first-order valence-corrected chi connectivity index (χ1v) is 7.47. The summed E-state index contributed by atoms with van der Waals surface area (Å²) < 4.78 is 5.56. The molecule has 0 spiro atoms. The fourth-order valence-electron chi connectivity index (χ4n) is 2.43. The van der Waals surface area contributed by atoms with Crippen molar-refractivity contribution in [3.05, 3.63) is 29.8 Å². The predicted octanol–water partition coefficient (Wildman–Crippen LogP) is 1.09. The molecule has 2 rings (SSSR count). The Bertz CT molecular complexity index is 530. The molecule has 6 nitrogen and oxygen atoms in total. The van der Waals surface area contributed by atoms with Gasteiger partial charge in [-0.2, -0.15) is 0 Å². The smallest absolute Gasteiger partial charge is 0.251 e. The molecule has 0 bridgehead atoms. The molecule has 22 heavy (non-hydrogen) atoms. The van der Waals surface area contributed by atoms with E-state index in [-0.39, 0.29) is 24.0 Å². The minimum Gasteiger partial charge on any atom is -0.376 e. The number of benzene rings is 1. The Morgan fingerprint density at radius 3 is 2.59 bits per heavy atom. The quantitative estimate of drug-likeness (QED) is 0.874. The van der Waals surface area contributed by atoms with E-state index in [1.165, 1.54) is 0 Å². The maximum absolute atomic E-state index is 12.1. The van der Waals surface area contributed by atoms with E-state index in [2.05, 4.69) is 22.5 Å². The van der Waals surface area contributed by atoms with Crippen molar-refractivity contribution in [3.63, 3.8) is 0 Å². The van der Waals surface area contributed by atoms with Crippen LogP contribution in [-0.4, -0.2) is 55.6 Å². The van der Waals surface area contributed by atoms with Gasteiger partial charge >= 0.3 is 0 Å². The molecule has 1 heterocycles. The molecule has 1 fully saturated rings. The number of nitrogens with zero attached hydrogens (tertiary/aromatic N) is 1. The zero-order valence-electron chi connectivity index (χ0n) is 13.3. The van der Waals surface area contributed by atoms with Crippen LogP contribution >= 0.6 is 0 Å². The highest BCUT2D eigenvalue weighted by molar-refractivity contribution is 5.96. The fraction of sp³-hybridized carbons (Fsp3) is 0.500. The lowest BCUT2D eigenvalue weighted by molar-refractivity contribution is -0.121. The van der Waals surface area contributed by atoms with E-state index in [9.17, 15) is 9.59 Å². The van der Waals surface area contributed by atoms with Gasteiger partial charge in [0.1, 0.15) is 0 Å². The summed E-state index contributed by atoms with van der Waals surface area (Å²) in [5, 5.41) is 5.42. The molecule has 2 N–H and O–H groups in total. The molecule has 6 heteroatoms. The molecule has 0 aromatic heterocycles. The van der Waals surface area contributed by atoms with Crippen LogP contribution in [0, 0.1) is 0 Å². The Labute approximate surface area is 130 Å². The third-order valence-electron chi connectivity index (χ3n) is 3.74. The molecule has 120 valence electrons. The van der Waals surface area contributed by atoms with Crippen molar-refractivity contribution in [2.45, 2.75) is 26.0 Å². The van der Waals surface area contributed by atoms with E-state index >= 15 is 0 Å². The normalized spacial score (nSPS) is 22.1. The van der Waals surface area contributed by atoms with Crippen LogP contribution in [0.5, 0.6) is 0 Å². The number of nitrogens with one attached hydrogen (secondary N) is 2. The fourth-order valence-corrected chi connectivity index (χ4v) is 2.43. The van der Waals surface area contributed by atoms with Crippen LogP contribution in [0.25, 0.3) is 0 Å². The molecular formula is C16H23N3O3. The Hall–Kier alpha value is -1.92. The van der Waals surface area contributed by atoms with Crippen molar-refractivity contribution in [1.82, 2.24) is 10.2 Å². The Morgan fingerprint density at radius 2 is 1.95 bits per heavy atom. The maximum atomic E-state index is 12.1. The van der Waals surface area contributed by atoms with E-state index in [0.717, 1.165) is 6.54 Å². The summed E-state index contributed by atoms with van der Waals surface area (Å²) in [7, 11) is 1.59. The van der Waals surface area contributed by atoms with Gasteiger partial charge in [-0.05, 0) is 38.1 Å². The van der Waals surface area contributed by atoms with Crippen molar-refractivity contribution >= 4 is 17.5 Å². The van der Waals surface area contributed by atoms with Gasteiger partial charge in [-0.1, -0.05) is 0 Å². The lowest BCUT2D eigenvalue weighted by Crippen LogP contribution is -2.50. The highest BCUT2D eigenvalue weighted by Crippen LogP contribution is 2.13. The van der Waals surface area contributed by atoms with Gasteiger partial charge in [-0.3, -0.25) is 14.5 Å². The first kappa shape index (κ1) is 16.5. The van der Waals surface area contributed by atoms with Gasteiger partial charge in [-0.15, -0.1) is 0 Å². The van der Waals surface area contributed by atoms with Gasteiger partial charge in [0, 0.05) is 30.9 Å². The van der Waals surface area contributed by atoms with E-state index in [1.54, 1.807) is 31.3 Å². The van der Waals surface area contributed by atoms with Crippen LogP contribution in [0.4, 0.5) is 5.69 Å². The number of amides is 2. The maximum Gasteiger partial charge on any atom is 0.251 e. The average Bonchev–Trinajstić information content (AvgIpc) is 2.51. The van der Waals surface area contributed by atoms with Crippen LogP contribution in [0.1, 0.15) is 24.2 Å². The second-order valence-corrected chi connectivity index (χ2v) is 5.63. The SMILES string of the molecule is CNC(=O)c1ccc(NC(=O)CN2CC(C)OCC2C)cc1. The number of morpholine rings is 1. The summed E-state index contributed by atoms with van der Waals surface area (Å²) in [6.45, 7) is 5.80. The van der Waals surface area contributed by atoms with Crippen LogP contribution in [0.15, 0.2) is 24.3 Å². The third kappa shape index (κ3) is 4.29. The van der Waals surface area contributed by atoms with Gasteiger partial charge in [-0.25, -0.2) is 0 Å². The first-order chi connectivity index (χ1) is 10.5. The Morgan fingerprint density at radius 1 is 1.27 bits per heavy atom. The van der Waals surface area contributed by atoms with Gasteiger partial charge < -0.3 is 15.4 Å². The largest absolute Gasteiger partial charge is 0.376 e. The molecule has 1 aliphatic rings. The number of rotatable bonds is 4. The predicted molar refractivity (Wildman–Crippen MR) is 84.9 cm³/mol. The summed E-state index contributed by atoms with van der Waals surface area (Å²) >= 11 is 0. The van der Waals surface area contributed by atoms with Crippen LogP contribution < -0.4 is 10.6 Å². The summed E-state index contributed by atoms with van der Waals surface area (Å²) in [5.74, 6) is -0.206. The highest BCUT2D eigenvalue weighted by atomic mass is 16.5. The number of carbonyl (C=O) groups excluding carboxylic acids is 2. The molecule has 0 saturated carbocycles. The summed E-state index contributed by atoms with van der Waals surface area (Å²) in [6, 6.07) is 7.07. The second kappa shape index (κ2) is 7.38. The topological polar surface area (TPSA) is 70.7 Å². The minimum absolute atomic E-state index is 0.0614. The average molecular weight is 305 g/mol. The third-order valence-corrected chi connectivity index (χ3v) is 3.74. The van der Waals surface area contributed by atoms with E-state index < -0.39 is 0 Å². The van der Waals surface area contributed by atoms with Crippen molar-refractivity contribution in [2.24, 2.45) is 0 Å². The number of hydrogen-bond donors (Lipinski definition) is 2. The Balaban J connectivity index is 1.90. The van der Waals surface area contributed by atoms with Gasteiger partial charge in [0.25, 0.3) is 5.91 Å². The molecule has 1 aromatic carbocycles. The molecule has 1 aliphatic heterocycles. The van der Waals surface area contributed by atoms with Gasteiger partial charge in [0.15, 0.2) is 0 Å². The number of anilines is 1. The number of ether oxygens (including phenoxy) is 1. The molecule has 2 amide bonds. The van der Waals surface area contributed by atoms with E-state index in [1.807, 2.05) is 6.92 Å². The first-order valence-electron chi connectivity index (χ1n) is 7.47. The van der Waals surface area contributed by atoms with E-state index in [0.29, 0.717) is 24.4 Å². The van der Waals surface area contributed by atoms with Crippen molar-refractivity contribution in [2.75, 3.05) is 32.1 Å². The lowest BCUT2D eigenvalue weighted by Gasteiger charge is -2.36. The molecule has 0 radical (unpaired) electrons. The summed E-state index contributed by atoms with van der Waals surface area (Å²) in [5.41, 5.74) is 1.25. The monoisotopic (exact) mass is 305 g/mol. The zero-order chi connectivity index (χ0) is 16.1. The van der Waals surface area contributed by atoms with Crippen molar-refractivity contribution in [1.29, 1.82) is 0 Å². The molecular weight excluding hydrogens is 282 g/mol. The van der Waals surface area contributed by atoms with E-state index in [4.69, 9.17) is 4.74 Å². The lowest BCUT2D eigenvalue weighted by atomic mass is 10.2. The van der Waals surface area contributed by atoms with Crippen LogP contribution in [0.2, 0.25) is 0 Å². The summed E-state index contributed by atoms with van der Waals surface area (Å²) in [6.07, 6.45) is 0.149. The van der Waals surface area contributed by atoms with Gasteiger partial charge in [0.2, 0.25) is 5.91 Å². The number of carbonyl (C=O) groups is 2. The van der Waals surface area contributed by atoms with Gasteiger partial charge in [0.05, 0.1) is 19.3 Å². The molecule has 2 atom stereocenters. The minimum atomic E-state index is -0.144. The standard InChI is InChI=1S/C16H23N3O3/c1-11-10-22-12(2)8-19(11)9-15(20)18-14-6-4-13(5-7-14)16(21)17-3/h4-7,11-12H,8-10H2,1-3H3,(H,17,21)(H,18,20). The molecule has 1 saturated heterocycles. The highest BCUT2D eigenvalue weighted by Gasteiger charge is 2.25. The molecule has 0 aliphatic carbocycles. The second-order valence-electron chi connectivity index (χ2n) is 5.63. The summed E-state index contributed by atoms with van der Waals surface area (Å²) in [4.78, 5) is 25.7. The molecule has 2 unspecified atom stereocenters. The number of hydrogen-bond acceptors (Lipinski definition) is 4.